The maximum atomic E-state index is 14.7. The van der Waals surface area contributed by atoms with Crippen LogP contribution in [0.25, 0.3) is 6.08 Å². The average Bonchev–Trinajstić information content (AvgIpc) is 3.41. The number of nitrogens with one attached hydrogen (secondary N) is 1. The van der Waals surface area contributed by atoms with Crippen LogP contribution in [-0.2, 0) is 14.4 Å². The molecular weight excluding hydrogens is 489 g/mol. The molecule has 8 nitrogen and oxygen atoms in total. The van der Waals surface area contributed by atoms with Gasteiger partial charge in [-0.15, -0.1) is 0 Å². The van der Waals surface area contributed by atoms with Crippen molar-refractivity contribution in [2.45, 2.75) is 12.1 Å². The van der Waals surface area contributed by atoms with E-state index in [0.717, 1.165) is 16.2 Å². The summed E-state index contributed by atoms with van der Waals surface area (Å²) in [5.74, 6) is -3.29. The molecule has 0 aliphatic carbocycles. The molecule has 0 bridgehead atoms. The Balaban J connectivity index is 1.45. The number of halogens is 1. The zero-order chi connectivity index (χ0) is 26.6. The zero-order valence-corrected chi connectivity index (χ0v) is 20.6. The third-order valence-corrected chi connectivity index (χ3v) is 7.44. The molecule has 2 fully saturated rings. The first-order valence-corrected chi connectivity index (χ1v) is 12.2. The van der Waals surface area contributed by atoms with Crippen LogP contribution in [0.5, 0.6) is 11.5 Å². The molecule has 9 heteroatoms. The van der Waals surface area contributed by atoms with Gasteiger partial charge >= 0.3 is 0 Å². The summed E-state index contributed by atoms with van der Waals surface area (Å²) in [5, 5.41) is 2.89. The minimum atomic E-state index is -1.04. The number of hydrogen-bond acceptors (Lipinski definition) is 6. The molecule has 0 saturated carbocycles. The molecule has 0 radical (unpaired) electrons. The topological polar surface area (TPSA) is 88.2 Å². The van der Waals surface area contributed by atoms with E-state index in [0.29, 0.717) is 17.2 Å². The highest BCUT2D eigenvalue weighted by Crippen LogP contribution is 2.49. The van der Waals surface area contributed by atoms with E-state index < -0.39 is 47.5 Å². The van der Waals surface area contributed by atoms with E-state index in [1.54, 1.807) is 24.3 Å². The van der Waals surface area contributed by atoms with E-state index in [9.17, 15) is 18.8 Å². The number of benzene rings is 3. The Morgan fingerprint density at radius 2 is 1.61 bits per heavy atom. The van der Waals surface area contributed by atoms with Crippen LogP contribution in [0.1, 0.15) is 5.56 Å². The van der Waals surface area contributed by atoms with Crippen molar-refractivity contribution in [3.8, 4) is 11.5 Å². The lowest BCUT2D eigenvalue weighted by atomic mass is 9.88. The summed E-state index contributed by atoms with van der Waals surface area (Å²) < 4.78 is 25.4. The van der Waals surface area contributed by atoms with E-state index in [1.165, 1.54) is 32.4 Å². The van der Waals surface area contributed by atoms with Crippen molar-refractivity contribution in [1.82, 2.24) is 0 Å². The Hall–Kier alpha value is -4.66. The lowest BCUT2D eigenvalue weighted by molar-refractivity contribution is -0.126. The first kappa shape index (κ1) is 23.7. The van der Waals surface area contributed by atoms with Gasteiger partial charge in [0.2, 0.25) is 17.7 Å². The molecule has 0 unspecified atom stereocenters. The summed E-state index contributed by atoms with van der Waals surface area (Å²) in [6.07, 6.45) is 3.73. The van der Waals surface area contributed by atoms with E-state index in [4.69, 9.17) is 9.47 Å². The molecule has 3 amide bonds. The van der Waals surface area contributed by atoms with Crippen LogP contribution in [0.3, 0.4) is 0 Å². The van der Waals surface area contributed by atoms with Crippen molar-refractivity contribution >= 4 is 40.9 Å². The Labute approximate surface area is 218 Å². The number of imide groups is 1. The largest absolute Gasteiger partial charge is 0.497 e. The van der Waals surface area contributed by atoms with Gasteiger partial charge in [-0.1, -0.05) is 42.5 Å². The molecule has 3 aromatic rings. The second-order valence-electron chi connectivity index (χ2n) is 9.33. The summed E-state index contributed by atoms with van der Waals surface area (Å²) in [5.41, 5.74) is 1.86. The van der Waals surface area contributed by atoms with Crippen molar-refractivity contribution in [2.75, 3.05) is 29.3 Å². The Bertz CT molecular complexity index is 1510. The average molecular weight is 514 g/mol. The maximum absolute atomic E-state index is 14.7. The molecule has 4 atom stereocenters. The van der Waals surface area contributed by atoms with Crippen LogP contribution < -0.4 is 24.6 Å². The number of hydrogen-bond donors (Lipinski definition) is 1. The SMILES string of the molecule is COc1ccc(OC)c(NC(=O)[C@H]2[C@H]3C(=O)N(c4ccccc4F)C(=O)[C@H]3[C@@H]3C=Cc4ccccc4N32)c1. The van der Waals surface area contributed by atoms with Crippen LogP contribution in [0.2, 0.25) is 0 Å². The summed E-state index contributed by atoms with van der Waals surface area (Å²) in [6.45, 7) is 0. The molecule has 3 aliphatic rings. The predicted octanol–water partition coefficient (Wildman–Crippen LogP) is 3.87. The fourth-order valence-corrected chi connectivity index (χ4v) is 5.80. The Morgan fingerprint density at radius 1 is 0.895 bits per heavy atom. The van der Waals surface area contributed by atoms with E-state index in [2.05, 4.69) is 5.32 Å². The molecule has 0 aromatic heterocycles. The van der Waals surface area contributed by atoms with Gasteiger partial charge in [0.1, 0.15) is 23.4 Å². The first-order valence-electron chi connectivity index (χ1n) is 12.2. The molecule has 3 heterocycles. The number of methoxy groups -OCH3 is 2. The summed E-state index contributed by atoms with van der Waals surface area (Å²) >= 11 is 0. The number of fused-ring (bicyclic) bond motifs is 5. The van der Waals surface area contributed by atoms with Crippen LogP contribution in [0, 0.1) is 17.7 Å². The van der Waals surface area contributed by atoms with Gasteiger partial charge in [-0.25, -0.2) is 9.29 Å². The second kappa shape index (κ2) is 9.02. The fourth-order valence-electron chi connectivity index (χ4n) is 5.80. The van der Waals surface area contributed by atoms with Crippen molar-refractivity contribution < 1.29 is 28.2 Å². The van der Waals surface area contributed by atoms with Gasteiger partial charge < -0.3 is 19.7 Å². The number of carbonyl (C=O) groups is 3. The highest BCUT2D eigenvalue weighted by molar-refractivity contribution is 6.25. The number of rotatable bonds is 5. The van der Waals surface area contributed by atoms with Gasteiger partial charge in [0.15, 0.2) is 0 Å². The highest BCUT2D eigenvalue weighted by atomic mass is 19.1. The maximum Gasteiger partial charge on any atom is 0.248 e. The van der Waals surface area contributed by atoms with Crippen LogP contribution in [-0.4, -0.2) is 44.0 Å². The van der Waals surface area contributed by atoms with Crippen LogP contribution in [0.4, 0.5) is 21.5 Å². The number of amides is 3. The van der Waals surface area contributed by atoms with Crippen molar-refractivity contribution in [2.24, 2.45) is 11.8 Å². The normalized spacial score (nSPS) is 23.1. The molecule has 0 spiro atoms. The second-order valence-corrected chi connectivity index (χ2v) is 9.33. The van der Waals surface area contributed by atoms with Crippen molar-refractivity contribution in [1.29, 1.82) is 0 Å². The summed E-state index contributed by atoms with van der Waals surface area (Å²) in [7, 11) is 2.99. The molecule has 2 saturated heterocycles. The number of ether oxygens (including phenoxy) is 2. The van der Waals surface area contributed by atoms with Gasteiger partial charge in [0.25, 0.3) is 0 Å². The fraction of sp³-hybridized carbons (Fsp3) is 0.207. The van der Waals surface area contributed by atoms with E-state index in [-0.39, 0.29) is 5.69 Å². The van der Waals surface area contributed by atoms with Crippen molar-refractivity contribution in [3.05, 3.63) is 84.2 Å². The van der Waals surface area contributed by atoms with Crippen molar-refractivity contribution in [3.63, 3.8) is 0 Å². The third-order valence-electron chi connectivity index (χ3n) is 7.44. The first-order chi connectivity index (χ1) is 18.4. The molecule has 3 aliphatic heterocycles. The molecule has 1 N–H and O–H groups in total. The molecule has 3 aromatic carbocycles. The summed E-state index contributed by atoms with van der Waals surface area (Å²) in [6, 6.07) is 16.5. The molecular formula is C29H24FN3O5. The standard InChI is InChI=1S/C29H24FN3O5/c1-37-17-12-14-23(38-2)19(15-17)31-27(34)26-25-24(22-13-11-16-7-3-5-9-20(16)32(22)26)28(35)33(29(25)36)21-10-6-4-8-18(21)30/h3-15,22,24-26H,1-2H3,(H,31,34)/t22-,24-,25-,26+/m0/s1. The number of anilines is 3. The third kappa shape index (κ3) is 3.46. The van der Waals surface area contributed by atoms with Gasteiger partial charge in [-0.2, -0.15) is 0 Å². The summed E-state index contributed by atoms with van der Waals surface area (Å²) in [4.78, 5) is 44.3. The molecule has 6 rings (SSSR count). The predicted molar refractivity (Wildman–Crippen MR) is 140 cm³/mol. The Kier molecular flexibility index (Phi) is 5.63. The number of carbonyl (C=O) groups excluding carboxylic acids is 3. The lowest BCUT2D eigenvalue weighted by Crippen LogP contribution is -2.50. The lowest BCUT2D eigenvalue weighted by Gasteiger charge is -2.36. The zero-order valence-electron chi connectivity index (χ0n) is 20.6. The van der Waals surface area contributed by atoms with Gasteiger partial charge in [0, 0.05) is 11.8 Å². The van der Waals surface area contributed by atoms with Gasteiger partial charge in [-0.3, -0.25) is 14.4 Å². The number of para-hydroxylation sites is 2. The van der Waals surface area contributed by atoms with E-state index in [1.807, 2.05) is 41.3 Å². The minimum absolute atomic E-state index is 0.114. The minimum Gasteiger partial charge on any atom is -0.497 e. The van der Waals surface area contributed by atoms with E-state index >= 15 is 0 Å². The quantitative estimate of drug-likeness (QED) is 0.522. The van der Waals surface area contributed by atoms with Crippen LogP contribution in [0.15, 0.2) is 72.8 Å². The van der Waals surface area contributed by atoms with Crippen LogP contribution >= 0.6 is 0 Å². The number of nitrogens with zero attached hydrogens (tertiary/aromatic N) is 2. The van der Waals surface area contributed by atoms with Gasteiger partial charge in [0.05, 0.1) is 43.5 Å². The highest BCUT2D eigenvalue weighted by Gasteiger charge is 2.64. The van der Waals surface area contributed by atoms with Gasteiger partial charge in [-0.05, 0) is 35.9 Å². The monoisotopic (exact) mass is 513 g/mol. The smallest absolute Gasteiger partial charge is 0.248 e. The molecule has 38 heavy (non-hydrogen) atoms. The Morgan fingerprint density at radius 3 is 2.34 bits per heavy atom. The molecule has 192 valence electrons.